The molecular formula is C59H34N4OS. The van der Waals surface area contributed by atoms with Crippen molar-refractivity contribution in [1.29, 1.82) is 0 Å². The Bertz CT molecular complexity index is 3890. The van der Waals surface area contributed by atoms with E-state index in [4.69, 9.17) is 24.7 Å². The van der Waals surface area contributed by atoms with Gasteiger partial charge in [-0.2, -0.15) is 0 Å². The number of thiophene rings is 1. The highest BCUT2D eigenvalue weighted by atomic mass is 32.1. The third kappa shape index (κ3) is 5.20. The second-order valence-electron chi connectivity index (χ2n) is 16.8. The van der Waals surface area contributed by atoms with Crippen LogP contribution in [0.25, 0.3) is 98.4 Å². The average Bonchev–Trinajstić information content (AvgIpc) is 3.90. The zero-order chi connectivity index (χ0) is 42.6. The molecule has 4 heterocycles. The first-order valence-corrected chi connectivity index (χ1v) is 22.7. The molecule has 65 heavy (non-hydrogen) atoms. The number of aromatic nitrogens is 4. The molecule has 302 valence electrons. The Balaban J connectivity index is 1.07. The monoisotopic (exact) mass is 846 g/mol. The average molecular weight is 847 g/mol. The summed E-state index contributed by atoms with van der Waals surface area (Å²) in [5.41, 5.74) is 12.1. The molecule has 0 bridgehead atoms. The molecule has 1 spiro atoms. The highest BCUT2D eigenvalue weighted by Gasteiger charge is 2.51. The number of fused-ring (bicyclic) bond motifs is 16. The fourth-order valence-electron chi connectivity index (χ4n) is 10.6. The van der Waals surface area contributed by atoms with Gasteiger partial charge in [0.2, 0.25) is 0 Å². The van der Waals surface area contributed by atoms with E-state index >= 15 is 0 Å². The van der Waals surface area contributed by atoms with Crippen molar-refractivity contribution in [3.8, 4) is 68.0 Å². The Hall–Kier alpha value is -8.32. The van der Waals surface area contributed by atoms with Gasteiger partial charge >= 0.3 is 0 Å². The maximum atomic E-state index is 7.30. The van der Waals surface area contributed by atoms with Gasteiger partial charge in [0.15, 0.2) is 17.5 Å². The van der Waals surface area contributed by atoms with Crippen LogP contribution in [0.2, 0.25) is 0 Å². The molecule has 9 aromatic carbocycles. The molecule has 6 heteroatoms. The predicted molar refractivity (Wildman–Crippen MR) is 265 cm³/mol. The molecule has 2 aliphatic rings. The summed E-state index contributed by atoms with van der Waals surface area (Å²) in [4.78, 5) is 21.2. The van der Waals surface area contributed by atoms with Gasteiger partial charge in [-0.3, -0.25) is 0 Å². The van der Waals surface area contributed by atoms with Gasteiger partial charge in [-0.25, -0.2) is 19.9 Å². The standard InChI is InChI=1S/C59H34N4OS/c1-3-16-35(17-4-1)53-42-31-32-48-54(64-50-28-13-12-27-47(50)59(48)45-25-10-7-20-38(45)39-21-8-11-26-46(39)59)52(42)44-34-37(30-33-49(44)60-53)57-61-56(36-18-5-2-6-19-36)62-58(63-57)43-24-15-23-41-40-22-9-14-29-51(40)65-55(41)43/h1-34H. The molecule has 5 nitrogen and oxygen atoms in total. The molecule has 14 rings (SSSR count). The molecule has 3 aromatic heterocycles. The van der Waals surface area contributed by atoms with E-state index in [2.05, 4.69) is 182 Å². The van der Waals surface area contributed by atoms with Gasteiger partial charge in [-0.05, 0) is 58.7 Å². The van der Waals surface area contributed by atoms with E-state index in [9.17, 15) is 0 Å². The highest BCUT2D eigenvalue weighted by molar-refractivity contribution is 7.26. The SMILES string of the molecule is c1ccc(-c2nc(-c3ccc4nc(-c5ccccc5)c5ccc6c(c5c4c3)Oc3ccccc3C63c4ccccc4-c4ccccc43)nc(-c3cccc4c3sc3ccccc34)n2)cc1. The Kier molecular flexibility index (Phi) is 7.71. The van der Waals surface area contributed by atoms with Crippen molar-refractivity contribution in [3.05, 3.63) is 229 Å². The smallest absolute Gasteiger partial charge is 0.165 e. The molecule has 0 fully saturated rings. The number of pyridine rings is 1. The lowest BCUT2D eigenvalue weighted by Crippen LogP contribution is -2.32. The molecule has 0 amide bonds. The van der Waals surface area contributed by atoms with Crippen LogP contribution in [-0.2, 0) is 5.41 Å². The summed E-state index contributed by atoms with van der Waals surface area (Å²) < 4.78 is 9.69. The maximum absolute atomic E-state index is 7.30. The summed E-state index contributed by atoms with van der Waals surface area (Å²) in [6.07, 6.45) is 0. The normalized spacial score (nSPS) is 13.2. The van der Waals surface area contributed by atoms with E-state index in [1.165, 1.54) is 37.7 Å². The summed E-state index contributed by atoms with van der Waals surface area (Å²) in [6, 6.07) is 72.9. The van der Waals surface area contributed by atoms with Crippen molar-refractivity contribution in [2.75, 3.05) is 0 Å². The predicted octanol–water partition coefficient (Wildman–Crippen LogP) is 15.1. The largest absolute Gasteiger partial charge is 0.456 e. The van der Waals surface area contributed by atoms with E-state index in [-0.39, 0.29) is 0 Å². The van der Waals surface area contributed by atoms with Crippen LogP contribution in [0.4, 0.5) is 0 Å². The third-order valence-corrected chi connectivity index (χ3v) is 14.6. The number of hydrogen-bond donors (Lipinski definition) is 0. The topological polar surface area (TPSA) is 60.8 Å². The fraction of sp³-hybridized carbons (Fsp3) is 0.0169. The number of nitrogens with zero attached hydrogens (tertiary/aromatic N) is 4. The highest BCUT2D eigenvalue weighted by Crippen LogP contribution is 2.63. The second-order valence-corrected chi connectivity index (χ2v) is 17.9. The molecule has 0 saturated carbocycles. The Morgan fingerprint density at radius 3 is 1.78 bits per heavy atom. The summed E-state index contributed by atoms with van der Waals surface area (Å²) in [6.45, 7) is 0. The van der Waals surface area contributed by atoms with Crippen molar-refractivity contribution in [2.24, 2.45) is 0 Å². The fourth-order valence-corrected chi connectivity index (χ4v) is 11.8. The summed E-state index contributed by atoms with van der Waals surface area (Å²) in [7, 11) is 0. The lowest BCUT2D eigenvalue weighted by molar-refractivity contribution is 0.442. The van der Waals surface area contributed by atoms with E-state index in [0.717, 1.165) is 76.9 Å². The van der Waals surface area contributed by atoms with E-state index < -0.39 is 5.41 Å². The third-order valence-electron chi connectivity index (χ3n) is 13.4. The van der Waals surface area contributed by atoms with Crippen LogP contribution in [0, 0.1) is 0 Å². The second kappa shape index (κ2) is 13.8. The van der Waals surface area contributed by atoms with Crippen molar-refractivity contribution >= 4 is 53.2 Å². The molecule has 0 unspecified atom stereocenters. The molecule has 1 aliphatic heterocycles. The van der Waals surface area contributed by atoms with Crippen molar-refractivity contribution in [2.45, 2.75) is 5.41 Å². The van der Waals surface area contributed by atoms with E-state index in [0.29, 0.717) is 17.5 Å². The Labute approximate surface area is 378 Å². The zero-order valence-electron chi connectivity index (χ0n) is 34.7. The molecular weight excluding hydrogens is 813 g/mol. The van der Waals surface area contributed by atoms with E-state index in [1.807, 2.05) is 24.3 Å². The maximum Gasteiger partial charge on any atom is 0.165 e. The van der Waals surface area contributed by atoms with Crippen LogP contribution < -0.4 is 4.74 Å². The summed E-state index contributed by atoms with van der Waals surface area (Å²) in [5.74, 6) is 3.49. The first-order valence-electron chi connectivity index (χ1n) is 21.9. The lowest BCUT2D eigenvalue weighted by atomic mass is 9.65. The van der Waals surface area contributed by atoms with Crippen LogP contribution in [0.15, 0.2) is 206 Å². The Morgan fingerprint density at radius 1 is 0.385 bits per heavy atom. The molecule has 0 atom stereocenters. The molecule has 0 radical (unpaired) electrons. The number of ether oxygens (including phenoxy) is 1. The minimum Gasteiger partial charge on any atom is -0.456 e. The van der Waals surface area contributed by atoms with Crippen LogP contribution >= 0.6 is 11.3 Å². The van der Waals surface area contributed by atoms with E-state index in [1.54, 1.807) is 11.3 Å². The number of rotatable bonds is 4. The quantitative estimate of drug-likeness (QED) is 0.165. The van der Waals surface area contributed by atoms with Crippen molar-refractivity contribution in [1.82, 2.24) is 19.9 Å². The van der Waals surface area contributed by atoms with Gasteiger partial charge in [0.1, 0.15) is 11.5 Å². The first kappa shape index (κ1) is 36.2. The van der Waals surface area contributed by atoms with Crippen LogP contribution in [-0.4, -0.2) is 19.9 Å². The van der Waals surface area contributed by atoms with Crippen LogP contribution in [0.3, 0.4) is 0 Å². The van der Waals surface area contributed by atoms with Crippen LogP contribution in [0.5, 0.6) is 11.5 Å². The zero-order valence-corrected chi connectivity index (χ0v) is 35.6. The molecule has 1 aliphatic carbocycles. The molecule has 0 saturated heterocycles. The Morgan fingerprint density at radius 2 is 1.00 bits per heavy atom. The van der Waals surface area contributed by atoms with Crippen molar-refractivity contribution in [3.63, 3.8) is 0 Å². The minimum absolute atomic E-state index is 0.584. The summed E-state index contributed by atoms with van der Waals surface area (Å²) >= 11 is 1.77. The van der Waals surface area contributed by atoms with Crippen LogP contribution in [0.1, 0.15) is 22.3 Å². The van der Waals surface area contributed by atoms with Gasteiger partial charge in [0.05, 0.1) is 16.6 Å². The van der Waals surface area contributed by atoms with Gasteiger partial charge in [-0.1, -0.05) is 170 Å². The lowest BCUT2D eigenvalue weighted by Gasteiger charge is -2.40. The van der Waals surface area contributed by atoms with Gasteiger partial charge in [0.25, 0.3) is 0 Å². The number of hydrogen-bond acceptors (Lipinski definition) is 6. The van der Waals surface area contributed by atoms with Gasteiger partial charge in [-0.15, -0.1) is 11.3 Å². The summed E-state index contributed by atoms with van der Waals surface area (Å²) in [5, 5.41) is 5.39. The first-order chi connectivity index (χ1) is 32.2. The number of benzene rings is 9. The van der Waals surface area contributed by atoms with Gasteiger partial charge in [0, 0.05) is 69.7 Å². The molecule has 0 N–H and O–H groups in total. The van der Waals surface area contributed by atoms with Gasteiger partial charge < -0.3 is 4.74 Å². The molecule has 12 aromatic rings. The van der Waals surface area contributed by atoms with Crippen molar-refractivity contribution < 1.29 is 4.74 Å². The number of para-hydroxylation sites is 1. The minimum atomic E-state index is -0.618.